The van der Waals surface area contributed by atoms with Crippen LogP contribution in [0.15, 0.2) is 36.0 Å². The summed E-state index contributed by atoms with van der Waals surface area (Å²) in [6.45, 7) is 20.8. The predicted molar refractivity (Wildman–Crippen MR) is 139 cm³/mol. The first kappa shape index (κ1) is 25.2. The van der Waals surface area contributed by atoms with Gasteiger partial charge in [-0.2, -0.15) is 0 Å². The molecule has 3 fully saturated rings. The first-order chi connectivity index (χ1) is 15.3. The van der Waals surface area contributed by atoms with Crippen molar-refractivity contribution in [1.29, 1.82) is 0 Å². The normalized spacial score (nSPS) is 45.1. The van der Waals surface area contributed by atoms with Crippen LogP contribution >= 0.6 is 0 Å². The molecule has 0 unspecified atom stereocenters. The fraction of sp³-hybridized carbons (Fsp3) is 0.806. The van der Waals surface area contributed by atoms with Crippen molar-refractivity contribution >= 4 is 0 Å². The maximum atomic E-state index is 11.4. The van der Waals surface area contributed by atoms with Gasteiger partial charge in [0.2, 0.25) is 0 Å². The molecule has 4 rings (SSSR count). The number of hydrogen-bond acceptors (Lipinski definition) is 2. The topological polar surface area (TPSA) is 40.5 Å². The molecular formula is C31H50O2. The van der Waals surface area contributed by atoms with Gasteiger partial charge in [-0.3, -0.25) is 0 Å². The highest BCUT2D eigenvalue weighted by molar-refractivity contribution is 5.28. The molecule has 0 radical (unpaired) electrons. The summed E-state index contributed by atoms with van der Waals surface area (Å²) in [5.41, 5.74) is 3.28. The molecule has 0 aliphatic heterocycles. The highest BCUT2D eigenvalue weighted by Gasteiger charge is 2.61. The lowest BCUT2D eigenvalue weighted by Crippen LogP contribution is -2.54. The van der Waals surface area contributed by atoms with Crippen LogP contribution in [0.5, 0.6) is 0 Å². The second-order valence-electron chi connectivity index (χ2n) is 13.9. The third-order valence-electron chi connectivity index (χ3n) is 10.9. The second kappa shape index (κ2) is 8.66. The first-order valence-electron chi connectivity index (χ1n) is 13.7. The molecule has 33 heavy (non-hydrogen) atoms. The Kier molecular flexibility index (Phi) is 6.63. The van der Waals surface area contributed by atoms with Crippen LogP contribution < -0.4 is 0 Å². The minimum absolute atomic E-state index is 0.176. The molecule has 0 spiro atoms. The van der Waals surface area contributed by atoms with Crippen molar-refractivity contribution in [3.05, 3.63) is 36.0 Å². The zero-order chi connectivity index (χ0) is 24.3. The minimum atomic E-state index is -0.341. The number of allylic oxidation sites excluding steroid dienone is 3. The van der Waals surface area contributed by atoms with Crippen LogP contribution in [0, 0.1) is 51.8 Å². The summed E-state index contributed by atoms with van der Waals surface area (Å²) in [5.74, 6) is 3.19. The van der Waals surface area contributed by atoms with E-state index >= 15 is 0 Å². The first-order valence-corrected chi connectivity index (χ1v) is 13.7. The van der Waals surface area contributed by atoms with Crippen LogP contribution in [-0.2, 0) is 0 Å². The Hall–Kier alpha value is -0.860. The largest absolute Gasteiger partial charge is 0.393 e. The Bertz CT molecular complexity index is 815. The van der Waals surface area contributed by atoms with E-state index in [1.54, 1.807) is 0 Å². The SMILES string of the molecule is C=C(C)[C@@H](/C=C/[C@@H](C)[C@H]1CC[C@H]2[C@@H]3[C@@H](O)C=C4C[C@@H](O)CC[C@]4(C)[C@H]3CC[C@]12C)C(C)(C)C. The van der Waals surface area contributed by atoms with Gasteiger partial charge < -0.3 is 10.2 Å². The molecule has 4 aliphatic rings. The van der Waals surface area contributed by atoms with E-state index in [-0.39, 0.29) is 23.0 Å². The maximum absolute atomic E-state index is 11.4. The molecule has 4 aliphatic carbocycles. The number of fused-ring (bicyclic) bond motifs is 5. The maximum Gasteiger partial charge on any atom is 0.0757 e. The van der Waals surface area contributed by atoms with Gasteiger partial charge >= 0.3 is 0 Å². The van der Waals surface area contributed by atoms with Crippen LogP contribution in [0.2, 0.25) is 0 Å². The van der Waals surface area contributed by atoms with Crippen LogP contribution in [0.4, 0.5) is 0 Å². The summed E-state index contributed by atoms with van der Waals surface area (Å²) in [6.07, 6.45) is 14.3. The van der Waals surface area contributed by atoms with Gasteiger partial charge in [0.25, 0.3) is 0 Å². The minimum Gasteiger partial charge on any atom is -0.393 e. The summed E-state index contributed by atoms with van der Waals surface area (Å²) < 4.78 is 0. The van der Waals surface area contributed by atoms with E-state index < -0.39 is 0 Å². The van der Waals surface area contributed by atoms with E-state index in [0.717, 1.165) is 19.3 Å². The summed E-state index contributed by atoms with van der Waals surface area (Å²) in [5, 5.41) is 21.6. The Morgan fingerprint density at radius 3 is 2.39 bits per heavy atom. The van der Waals surface area contributed by atoms with Gasteiger partial charge in [-0.1, -0.05) is 77.5 Å². The third kappa shape index (κ3) is 4.22. The van der Waals surface area contributed by atoms with E-state index in [1.807, 2.05) is 0 Å². The van der Waals surface area contributed by atoms with Crippen molar-refractivity contribution in [2.45, 2.75) is 106 Å². The molecule has 0 bridgehead atoms. The lowest BCUT2D eigenvalue weighted by atomic mass is 9.46. The fourth-order valence-corrected chi connectivity index (χ4v) is 9.15. The van der Waals surface area contributed by atoms with E-state index in [9.17, 15) is 10.2 Å². The lowest BCUT2D eigenvalue weighted by Gasteiger charge is -2.59. The van der Waals surface area contributed by atoms with Crippen molar-refractivity contribution < 1.29 is 10.2 Å². The van der Waals surface area contributed by atoms with Crippen molar-refractivity contribution in [1.82, 2.24) is 0 Å². The Labute approximate surface area is 203 Å². The van der Waals surface area contributed by atoms with Crippen LogP contribution in [0.25, 0.3) is 0 Å². The molecule has 0 aromatic carbocycles. The predicted octanol–water partition coefficient (Wildman–Crippen LogP) is 7.33. The molecule has 0 aromatic heterocycles. The van der Waals surface area contributed by atoms with E-state index in [0.29, 0.717) is 40.9 Å². The second-order valence-corrected chi connectivity index (χ2v) is 13.9. The highest BCUT2D eigenvalue weighted by atomic mass is 16.3. The standard InChI is InChI=1S/C31H50O2/c1-19(2)23(29(4,5)6)10-9-20(3)24-11-12-25-28-26(14-16-31(24,25)8)30(7)15-13-22(32)17-21(30)18-27(28)33/h9-10,18,20,22-28,32-33H,1,11-17H2,2-8H3/b10-9+/t20-,22+,23-,24-,25+,26+,27+,28+,30+,31-/m1/s1. The molecule has 2 nitrogen and oxygen atoms in total. The van der Waals surface area contributed by atoms with Crippen molar-refractivity contribution in [2.75, 3.05) is 0 Å². The zero-order valence-corrected chi connectivity index (χ0v) is 22.4. The summed E-state index contributed by atoms with van der Waals surface area (Å²) in [4.78, 5) is 0. The van der Waals surface area contributed by atoms with Crippen LogP contribution in [-0.4, -0.2) is 22.4 Å². The lowest BCUT2D eigenvalue weighted by molar-refractivity contribution is -0.0950. The van der Waals surface area contributed by atoms with Crippen molar-refractivity contribution in [3.63, 3.8) is 0 Å². The van der Waals surface area contributed by atoms with Gasteiger partial charge in [0.1, 0.15) is 0 Å². The molecular weight excluding hydrogens is 404 g/mol. The van der Waals surface area contributed by atoms with Crippen molar-refractivity contribution in [3.8, 4) is 0 Å². The zero-order valence-electron chi connectivity index (χ0n) is 22.4. The van der Waals surface area contributed by atoms with Crippen molar-refractivity contribution in [2.24, 2.45) is 51.8 Å². The van der Waals surface area contributed by atoms with Gasteiger partial charge in [-0.25, -0.2) is 0 Å². The van der Waals surface area contributed by atoms with E-state index in [2.05, 4.69) is 73.3 Å². The van der Waals surface area contributed by atoms with Gasteiger partial charge in [-0.15, -0.1) is 0 Å². The molecule has 0 heterocycles. The molecule has 0 saturated heterocycles. The quantitative estimate of drug-likeness (QED) is 0.437. The average molecular weight is 455 g/mol. The summed E-state index contributed by atoms with van der Waals surface area (Å²) in [7, 11) is 0. The Balaban J connectivity index is 1.57. The Morgan fingerprint density at radius 1 is 1.06 bits per heavy atom. The fourth-order valence-electron chi connectivity index (χ4n) is 9.15. The number of rotatable bonds is 4. The van der Waals surface area contributed by atoms with Gasteiger partial charge in [0.05, 0.1) is 12.2 Å². The summed E-state index contributed by atoms with van der Waals surface area (Å²) >= 11 is 0. The Morgan fingerprint density at radius 2 is 1.76 bits per heavy atom. The number of aliphatic hydroxyl groups excluding tert-OH is 2. The highest BCUT2D eigenvalue weighted by Crippen LogP contribution is 2.67. The number of hydrogen-bond donors (Lipinski definition) is 2. The van der Waals surface area contributed by atoms with Gasteiger partial charge in [0.15, 0.2) is 0 Å². The van der Waals surface area contributed by atoms with Gasteiger partial charge in [-0.05, 0) is 97.7 Å². The average Bonchev–Trinajstić information content (AvgIpc) is 3.05. The van der Waals surface area contributed by atoms with Crippen LogP contribution in [0.1, 0.15) is 93.4 Å². The smallest absolute Gasteiger partial charge is 0.0757 e. The molecule has 186 valence electrons. The summed E-state index contributed by atoms with van der Waals surface area (Å²) in [6, 6.07) is 0. The third-order valence-corrected chi connectivity index (χ3v) is 10.9. The monoisotopic (exact) mass is 454 g/mol. The van der Waals surface area contributed by atoms with E-state index in [4.69, 9.17) is 0 Å². The molecule has 2 N–H and O–H groups in total. The van der Waals surface area contributed by atoms with Crippen LogP contribution in [0.3, 0.4) is 0 Å². The van der Waals surface area contributed by atoms with E-state index in [1.165, 1.54) is 36.8 Å². The molecule has 2 heteroatoms. The molecule has 10 atom stereocenters. The molecule has 0 aromatic rings. The molecule has 3 saturated carbocycles. The number of aliphatic hydroxyl groups is 2. The van der Waals surface area contributed by atoms with Gasteiger partial charge in [0, 0.05) is 5.92 Å². The molecule has 0 amide bonds.